The SMILES string of the molecule is Nc1ccc(Nc2ccc(NC3C=CC(Nc4ccc(Nc5ccc(N)cc5)cc4)C=C3)cc2)cc1. The molecule has 36 heavy (non-hydrogen) atoms. The van der Waals surface area contributed by atoms with Gasteiger partial charge in [0.05, 0.1) is 12.1 Å². The van der Waals surface area contributed by atoms with Gasteiger partial charge >= 0.3 is 0 Å². The van der Waals surface area contributed by atoms with Crippen molar-refractivity contribution in [1.29, 1.82) is 0 Å². The first-order chi connectivity index (χ1) is 17.6. The van der Waals surface area contributed by atoms with Gasteiger partial charge < -0.3 is 32.7 Å². The molecule has 180 valence electrons. The number of nitrogen functional groups attached to an aromatic ring is 2. The fraction of sp³-hybridized carbons (Fsp3) is 0.0667. The largest absolute Gasteiger partial charge is 0.399 e. The molecular weight excluding hydrogens is 444 g/mol. The second-order valence-electron chi connectivity index (χ2n) is 8.76. The molecule has 0 heterocycles. The molecule has 0 spiro atoms. The van der Waals surface area contributed by atoms with Crippen LogP contribution in [0.1, 0.15) is 0 Å². The van der Waals surface area contributed by atoms with Crippen molar-refractivity contribution in [3.63, 3.8) is 0 Å². The molecule has 1 aliphatic rings. The minimum absolute atomic E-state index is 0.144. The summed E-state index contributed by atoms with van der Waals surface area (Å²) in [7, 11) is 0. The van der Waals surface area contributed by atoms with Gasteiger partial charge in [0.2, 0.25) is 0 Å². The van der Waals surface area contributed by atoms with Crippen LogP contribution in [0.3, 0.4) is 0 Å². The molecule has 4 aromatic carbocycles. The predicted molar refractivity (Wildman–Crippen MR) is 154 cm³/mol. The molecule has 0 radical (unpaired) electrons. The monoisotopic (exact) mass is 474 g/mol. The van der Waals surface area contributed by atoms with E-state index >= 15 is 0 Å². The average molecular weight is 475 g/mol. The van der Waals surface area contributed by atoms with Crippen LogP contribution in [0.5, 0.6) is 0 Å². The average Bonchev–Trinajstić information content (AvgIpc) is 2.90. The number of rotatable bonds is 8. The summed E-state index contributed by atoms with van der Waals surface area (Å²) < 4.78 is 0. The molecule has 8 N–H and O–H groups in total. The number of nitrogens with one attached hydrogen (secondary N) is 4. The number of anilines is 8. The molecule has 0 saturated carbocycles. The van der Waals surface area contributed by atoms with E-state index in [0.29, 0.717) is 0 Å². The standard InChI is InChI=1S/C30H30N6/c31-21-1-5-23(6-2-21)33-25-9-13-27(14-10-25)35-29-17-19-30(20-18-29)36-28-15-11-26(12-16-28)34-24-7-3-22(32)4-8-24/h1-20,29-30,33-36H,31-32H2. The molecule has 0 aliphatic heterocycles. The first kappa shape index (κ1) is 22.9. The molecular formula is C30H30N6. The van der Waals surface area contributed by atoms with E-state index in [2.05, 4.69) is 94.1 Å². The summed E-state index contributed by atoms with van der Waals surface area (Å²) in [6.07, 6.45) is 8.70. The smallest absolute Gasteiger partial charge is 0.0630 e. The highest BCUT2D eigenvalue weighted by Crippen LogP contribution is 2.23. The van der Waals surface area contributed by atoms with Gasteiger partial charge in [-0.1, -0.05) is 24.3 Å². The normalized spacial score (nSPS) is 16.3. The summed E-state index contributed by atoms with van der Waals surface area (Å²) in [5, 5.41) is 13.8. The van der Waals surface area contributed by atoms with Gasteiger partial charge in [-0.3, -0.25) is 0 Å². The van der Waals surface area contributed by atoms with Crippen molar-refractivity contribution in [3.8, 4) is 0 Å². The van der Waals surface area contributed by atoms with Crippen LogP contribution in [0.2, 0.25) is 0 Å². The van der Waals surface area contributed by atoms with Gasteiger partial charge in [0.15, 0.2) is 0 Å². The minimum Gasteiger partial charge on any atom is -0.399 e. The van der Waals surface area contributed by atoms with Crippen LogP contribution in [0.4, 0.5) is 45.5 Å². The molecule has 4 aromatic rings. The van der Waals surface area contributed by atoms with Crippen molar-refractivity contribution in [2.45, 2.75) is 12.1 Å². The van der Waals surface area contributed by atoms with Gasteiger partial charge in [0.25, 0.3) is 0 Å². The summed E-state index contributed by atoms with van der Waals surface area (Å²) in [6, 6.07) is 32.3. The molecule has 0 atom stereocenters. The zero-order chi connectivity index (χ0) is 24.7. The van der Waals surface area contributed by atoms with Crippen molar-refractivity contribution >= 4 is 45.5 Å². The van der Waals surface area contributed by atoms with Crippen molar-refractivity contribution in [1.82, 2.24) is 0 Å². The van der Waals surface area contributed by atoms with E-state index in [4.69, 9.17) is 11.5 Å². The molecule has 5 rings (SSSR count). The Bertz CT molecular complexity index is 1210. The highest BCUT2D eigenvalue weighted by atomic mass is 14.9. The molecule has 0 unspecified atom stereocenters. The van der Waals surface area contributed by atoms with E-state index in [1.807, 2.05) is 48.5 Å². The fourth-order valence-corrected chi connectivity index (χ4v) is 3.95. The Morgan fingerprint density at radius 1 is 0.361 bits per heavy atom. The summed E-state index contributed by atoms with van der Waals surface area (Å²) in [5.41, 5.74) is 19.2. The van der Waals surface area contributed by atoms with E-state index in [1.54, 1.807) is 0 Å². The Morgan fingerprint density at radius 2 is 0.611 bits per heavy atom. The number of hydrogen-bond acceptors (Lipinski definition) is 6. The number of benzene rings is 4. The van der Waals surface area contributed by atoms with Gasteiger partial charge in [-0.25, -0.2) is 0 Å². The molecule has 0 bridgehead atoms. The van der Waals surface area contributed by atoms with Crippen LogP contribution in [0, 0.1) is 0 Å². The summed E-state index contributed by atoms with van der Waals surface area (Å²) in [4.78, 5) is 0. The molecule has 0 amide bonds. The molecule has 0 saturated heterocycles. The Hall–Kier alpha value is -4.84. The lowest BCUT2D eigenvalue weighted by Crippen LogP contribution is -2.22. The third-order valence-electron chi connectivity index (χ3n) is 5.89. The lowest BCUT2D eigenvalue weighted by molar-refractivity contribution is 0.997. The summed E-state index contributed by atoms with van der Waals surface area (Å²) in [5.74, 6) is 0. The van der Waals surface area contributed by atoms with Gasteiger partial charge in [-0.15, -0.1) is 0 Å². The predicted octanol–water partition coefficient (Wildman–Crippen LogP) is 6.73. The zero-order valence-electron chi connectivity index (χ0n) is 19.9. The van der Waals surface area contributed by atoms with Crippen LogP contribution in [-0.4, -0.2) is 12.1 Å². The second kappa shape index (κ2) is 10.6. The van der Waals surface area contributed by atoms with Gasteiger partial charge in [0, 0.05) is 45.5 Å². The Morgan fingerprint density at radius 3 is 0.917 bits per heavy atom. The highest BCUT2D eigenvalue weighted by Gasteiger charge is 2.10. The van der Waals surface area contributed by atoms with Crippen molar-refractivity contribution in [3.05, 3.63) is 121 Å². The van der Waals surface area contributed by atoms with E-state index in [1.165, 1.54) is 0 Å². The number of hydrogen-bond donors (Lipinski definition) is 6. The third kappa shape index (κ3) is 6.18. The summed E-state index contributed by atoms with van der Waals surface area (Å²) >= 11 is 0. The molecule has 1 aliphatic carbocycles. The first-order valence-electron chi connectivity index (χ1n) is 11.9. The Kier molecular flexibility index (Phi) is 6.76. The van der Waals surface area contributed by atoms with Crippen LogP contribution in [0.15, 0.2) is 121 Å². The molecule has 0 fully saturated rings. The summed E-state index contributed by atoms with van der Waals surface area (Å²) in [6.45, 7) is 0. The minimum atomic E-state index is 0.144. The Balaban J connectivity index is 1.10. The number of nitrogens with two attached hydrogens (primary N) is 2. The third-order valence-corrected chi connectivity index (χ3v) is 5.89. The highest BCUT2D eigenvalue weighted by molar-refractivity contribution is 5.65. The van der Waals surface area contributed by atoms with E-state index in [-0.39, 0.29) is 12.1 Å². The lowest BCUT2D eigenvalue weighted by atomic mass is 10.1. The molecule has 6 heteroatoms. The van der Waals surface area contributed by atoms with E-state index in [0.717, 1.165) is 45.5 Å². The van der Waals surface area contributed by atoms with Crippen LogP contribution < -0.4 is 32.7 Å². The molecule has 0 aromatic heterocycles. The second-order valence-corrected chi connectivity index (χ2v) is 8.76. The van der Waals surface area contributed by atoms with Gasteiger partial charge in [0.1, 0.15) is 0 Å². The quantitative estimate of drug-likeness (QED) is 0.125. The lowest BCUT2D eigenvalue weighted by Gasteiger charge is -2.21. The van der Waals surface area contributed by atoms with Gasteiger partial charge in [-0.05, 0) is 97.1 Å². The van der Waals surface area contributed by atoms with Crippen molar-refractivity contribution in [2.75, 3.05) is 32.7 Å². The van der Waals surface area contributed by atoms with Crippen molar-refractivity contribution < 1.29 is 0 Å². The first-order valence-corrected chi connectivity index (χ1v) is 11.9. The maximum absolute atomic E-state index is 5.75. The maximum atomic E-state index is 5.75. The topological polar surface area (TPSA) is 100 Å². The Labute approximate surface area is 211 Å². The van der Waals surface area contributed by atoms with Crippen LogP contribution in [0.25, 0.3) is 0 Å². The molecule has 6 nitrogen and oxygen atoms in total. The zero-order valence-corrected chi connectivity index (χ0v) is 19.9. The maximum Gasteiger partial charge on any atom is 0.0630 e. The fourth-order valence-electron chi connectivity index (χ4n) is 3.95. The van der Waals surface area contributed by atoms with E-state index < -0.39 is 0 Å². The van der Waals surface area contributed by atoms with E-state index in [9.17, 15) is 0 Å². The van der Waals surface area contributed by atoms with Crippen LogP contribution >= 0.6 is 0 Å². The van der Waals surface area contributed by atoms with Gasteiger partial charge in [-0.2, -0.15) is 0 Å². The van der Waals surface area contributed by atoms with Crippen LogP contribution in [-0.2, 0) is 0 Å². The van der Waals surface area contributed by atoms with Crippen molar-refractivity contribution in [2.24, 2.45) is 0 Å².